The van der Waals surface area contributed by atoms with Crippen LogP contribution in [0.4, 0.5) is 5.69 Å². The molecular formula is C28H30N2O6. The number of esters is 1. The van der Waals surface area contributed by atoms with Crippen molar-refractivity contribution in [2.24, 2.45) is 0 Å². The molecule has 1 fully saturated rings. The molecule has 8 nitrogen and oxygen atoms in total. The van der Waals surface area contributed by atoms with Gasteiger partial charge in [-0.2, -0.15) is 0 Å². The first-order chi connectivity index (χ1) is 17.5. The van der Waals surface area contributed by atoms with Crippen LogP contribution in [0, 0.1) is 0 Å². The van der Waals surface area contributed by atoms with Crippen LogP contribution in [-0.4, -0.2) is 50.3 Å². The molecule has 0 radical (unpaired) electrons. The molecule has 0 bridgehead atoms. The van der Waals surface area contributed by atoms with E-state index >= 15 is 0 Å². The number of benzene rings is 2. The van der Waals surface area contributed by atoms with E-state index in [1.165, 1.54) is 4.90 Å². The zero-order valence-corrected chi connectivity index (χ0v) is 20.5. The highest BCUT2D eigenvalue weighted by molar-refractivity contribution is 6.23. The standard InChI is InChI=1S/C28H30N2O6/c1-3-34-28(33)26-19(2)30(21-8-5-4-6-9-21)27(32)24(26)16-20-11-13-22(14-12-20)36-18-25(31)29-17-23-10-7-15-35-23/h4-6,8-9,11-14,16,23H,3,7,10,15,17-18H2,1-2H3,(H,29,31)/b24-16-/t23-/m1/s1. The zero-order valence-electron chi connectivity index (χ0n) is 20.5. The number of carbonyl (C=O) groups is 3. The Morgan fingerprint density at radius 3 is 2.56 bits per heavy atom. The number of carbonyl (C=O) groups excluding carboxylic acids is 3. The number of hydrogen-bond acceptors (Lipinski definition) is 6. The predicted octanol–water partition coefficient (Wildman–Crippen LogP) is 3.63. The van der Waals surface area contributed by atoms with Crippen LogP contribution in [0.3, 0.4) is 0 Å². The molecule has 8 heteroatoms. The third-order valence-electron chi connectivity index (χ3n) is 6.01. The summed E-state index contributed by atoms with van der Waals surface area (Å²) in [5, 5.41) is 2.82. The number of nitrogens with zero attached hydrogens (tertiary/aromatic N) is 1. The lowest BCUT2D eigenvalue weighted by atomic mass is 10.0. The Labute approximate surface area is 210 Å². The first-order valence-corrected chi connectivity index (χ1v) is 12.1. The maximum Gasteiger partial charge on any atom is 0.340 e. The van der Waals surface area contributed by atoms with Crippen LogP contribution in [0.5, 0.6) is 5.75 Å². The van der Waals surface area contributed by atoms with E-state index in [2.05, 4.69) is 5.32 Å². The van der Waals surface area contributed by atoms with Gasteiger partial charge in [-0.1, -0.05) is 30.3 Å². The van der Waals surface area contributed by atoms with Crippen LogP contribution in [0.25, 0.3) is 6.08 Å². The largest absolute Gasteiger partial charge is 0.484 e. The summed E-state index contributed by atoms with van der Waals surface area (Å²) in [5.74, 6) is -0.536. The van der Waals surface area contributed by atoms with E-state index in [-0.39, 0.29) is 42.3 Å². The Bertz CT molecular complexity index is 1160. The lowest BCUT2D eigenvalue weighted by Crippen LogP contribution is -2.35. The van der Waals surface area contributed by atoms with Crippen LogP contribution in [-0.2, 0) is 23.9 Å². The summed E-state index contributed by atoms with van der Waals surface area (Å²) >= 11 is 0. The van der Waals surface area contributed by atoms with Gasteiger partial charge in [0.15, 0.2) is 6.61 Å². The number of ether oxygens (including phenoxy) is 3. The number of nitrogens with one attached hydrogen (secondary N) is 1. The first-order valence-electron chi connectivity index (χ1n) is 12.1. The Morgan fingerprint density at radius 1 is 1.14 bits per heavy atom. The Balaban J connectivity index is 1.46. The summed E-state index contributed by atoms with van der Waals surface area (Å²) in [4.78, 5) is 39.7. The van der Waals surface area contributed by atoms with Crippen LogP contribution >= 0.6 is 0 Å². The predicted molar refractivity (Wildman–Crippen MR) is 135 cm³/mol. The summed E-state index contributed by atoms with van der Waals surface area (Å²) in [6.07, 6.45) is 3.72. The van der Waals surface area contributed by atoms with Crippen molar-refractivity contribution in [2.45, 2.75) is 32.8 Å². The van der Waals surface area contributed by atoms with Crippen molar-refractivity contribution in [1.29, 1.82) is 0 Å². The highest BCUT2D eigenvalue weighted by Gasteiger charge is 2.38. The van der Waals surface area contributed by atoms with Gasteiger partial charge in [0.25, 0.3) is 11.8 Å². The van der Waals surface area contributed by atoms with Crippen molar-refractivity contribution in [1.82, 2.24) is 5.32 Å². The highest BCUT2D eigenvalue weighted by Crippen LogP contribution is 2.35. The van der Waals surface area contributed by atoms with Gasteiger partial charge >= 0.3 is 5.97 Å². The molecule has 2 heterocycles. The third-order valence-corrected chi connectivity index (χ3v) is 6.01. The Morgan fingerprint density at radius 2 is 1.89 bits per heavy atom. The molecule has 1 saturated heterocycles. The van der Waals surface area contributed by atoms with Crippen molar-refractivity contribution in [2.75, 3.05) is 31.3 Å². The van der Waals surface area contributed by atoms with Gasteiger partial charge in [0.05, 0.1) is 23.9 Å². The fourth-order valence-electron chi connectivity index (χ4n) is 4.23. The maximum atomic E-state index is 13.4. The number of allylic oxidation sites excluding steroid dienone is 1. The van der Waals surface area contributed by atoms with Gasteiger partial charge < -0.3 is 19.5 Å². The van der Waals surface area contributed by atoms with Gasteiger partial charge in [0.2, 0.25) is 0 Å². The third kappa shape index (κ3) is 5.83. The molecule has 0 saturated carbocycles. The number of amides is 2. The van der Waals surface area contributed by atoms with Crippen molar-refractivity contribution >= 4 is 29.5 Å². The number of anilines is 1. The summed E-state index contributed by atoms with van der Waals surface area (Å²) in [7, 11) is 0. The molecule has 0 aliphatic carbocycles. The molecule has 2 aliphatic heterocycles. The molecule has 2 aliphatic rings. The van der Waals surface area contributed by atoms with Crippen LogP contribution in [0.1, 0.15) is 32.3 Å². The molecule has 36 heavy (non-hydrogen) atoms. The SMILES string of the molecule is CCOC(=O)C1=C(C)N(c2ccccc2)C(=O)/C1=C\c1ccc(OCC(=O)NC[C@H]2CCCO2)cc1. The van der Waals surface area contributed by atoms with Crippen molar-refractivity contribution < 1.29 is 28.6 Å². The molecular weight excluding hydrogens is 460 g/mol. The molecule has 4 rings (SSSR count). The van der Waals surface area contributed by atoms with E-state index in [0.717, 1.165) is 19.4 Å². The van der Waals surface area contributed by atoms with E-state index in [9.17, 15) is 14.4 Å². The number of rotatable bonds is 9. The number of hydrogen-bond donors (Lipinski definition) is 1. The van der Waals surface area contributed by atoms with E-state index < -0.39 is 5.97 Å². The van der Waals surface area contributed by atoms with Crippen molar-refractivity contribution in [3.05, 3.63) is 77.0 Å². The smallest absolute Gasteiger partial charge is 0.340 e. The lowest BCUT2D eigenvalue weighted by molar-refractivity contribution is -0.138. The van der Waals surface area contributed by atoms with Gasteiger partial charge in [-0.3, -0.25) is 14.5 Å². The molecule has 0 spiro atoms. The fourth-order valence-corrected chi connectivity index (χ4v) is 4.23. The average Bonchev–Trinajstić information content (AvgIpc) is 3.49. The second kappa shape index (κ2) is 11.7. The van der Waals surface area contributed by atoms with Crippen LogP contribution in [0.2, 0.25) is 0 Å². The summed E-state index contributed by atoms with van der Waals surface area (Å²) in [5.41, 5.74) is 2.40. The second-order valence-electron chi connectivity index (χ2n) is 8.51. The van der Waals surface area contributed by atoms with Crippen molar-refractivity contribution in [3.63, 3.8) is 0 Å². The summed E-state index contributed by atoms with van der Waals surface area (Å²) < 4.78 is 16.3. The van der Waals surface area contributed by atoms with E-state index in [1.807, 2.05) is 30.3 Å². The normalized spacial score (nSPS) is 18.6. The zero-order chi connectivity index (χ0) is 25.5. The molecule has 1 atom stereocenters. The minimum Gasteiger partial charge on any atom is -0.484 e. The molecule has 2 aromatic rings. The van der Waals surface area contributed by atoms with Gasteiger partial charge in [-0.25, -0.2) is 4.79 Å². The maximum absolute atomic E-state index is 13.4. The van der Waals surface area contributed by atoms with Gasteiger partial charge in [0, 0.05) is 24.5 Å². The van der Waals surface area contributed by atoms with Crippen molar-refractivity contribution in [3.8, 4) is 5.75 Å². The van der Waals surface area contributed by atoms with Gasteiger partial charge in [-0.15, -0.1) is 0 Å². The van der Waals surface area contributed by atoms with Crippen LogP contribution in [0.15, 0.2) is 71.4 Å². The summed E-state index contributed by atoms with van der Waals surface area (Å²) in [6, 6.07) is 16.1. The fraction of sp³-hybridized carbons (Fsp3) is 0.321. The Hall–Kier alpha value is -3.91. The molecule has 2 aromatic carbocycles. The molecule has 2 amide bonds. The van der Waals surface area contributed by atoms with E-state index in [1.54, 1.807) is 44.2 Å². The lowest BCUT2D eigenvalue weighted by Gasteiger charge is -2.17. The molecule has 1 N–H and O–H groups in total. The monoisotopic (exact) mass is 490 g/mol. The minimum absolute atomic E-state index is 0.0783. The van der Waals surface area contributed by atoms with Crippen LogP contribution < -0.4 is 15.0 Å². The number of para-hydroxylation sites is 1. The Kier molecular flexibility index (Phi) is 8.17. The molecule has 0 aromatic heterocycles. The second-order valence-corrected chi connectivity index (χ2v) is 8.51. The average molecular weight is 491 g/mol. The van der Waals surface area contributed by atoms with Gasteiger partial charge in [0.1, 0.15) is 5.75 Å². The summed E-state index contributed by atoms with van der Waals surface area (Å²) in [6.45, 7) is 4.79. The first kappa shape index (κ1) is 25.2. The highest BCUT2D eigenvalue weighted by atomic mass is 16.5. The minimum atomic E-state index is -0.540. The van der Waals surface area contributed by atoms with E-state index in [0.29, 0.717) is 29.2 Å². The van der Waals surface area contributed by atoms with Gasteiger partial charge in [-0.05, 0) is 62.6 Å². The topological polar surface area (TPSA) is 94.2 Å². The molecule has 188 valence electrons. The quantitative estimate of drug-likeness (QED) is 0.426. The van der Waals surface area contributed by atoms with E-state index in [4.69, 9.17) is 14.2 Å². The molecule has 0 unspecified atom stereocenters.